The summed E-state index contributed by atoms with van der Waals surface area (Å²) in [4.78, 5) is 4.37. The van der Waals surface area contributed by atoms with Gasteiger partial charge in [-0.3, -0.25) is 4.98 Å². The maximum atomic E-state index is 5.18. The van der Waals surface area contributed by atoms with Gasteiger partial charge in [0.15, 0.2) is 0 Å². The number of methoxy groups -OCH3 is 2. The molecule has 0 bridgehead atoms. The third-order valence-corrected chi connectivity index (χ3v) is 2.68. The molecule has 1 heterocycles. The fourth-order valence-electron chi connectivity index (χ4n) is 1.71. The number of ether oxygens (including phenoxy) is 2. The molecular formula is C14H15NO2. The van der Waals surface area contributed by atoms with Crippen LogP contribution in [-0.2, 0) is 0 Å². The van der Waals surface area contributed by atoms with Crippen LogP contribution in [0.2, 0.25) is 0 Å². The molecule has 0 radical (unpaired) electrons. The zero-order valence-electron chi connectivity index (χ0n) is 10.2. The molecule has 0 fully saturated rings. The number of hydrogen-bond acceptors (Lipinski definition) is 3. The van der Waals surface area contributed by atoms with Gasteiger partial charge in [-0.1, -0.05) is 0 Å². The molecule has 0 aliphatic heterocycles. The summed E-state index contributed by atoms with van der Waals surface area (Å²) in [5.74, 6) is 1.62. The first-order valence-corrected chi connectivity index (χ1v) is 5.39. The molecule has 3 heteroatoms. The van der Waals surface area contributed by atoms with E-state index in [4.69, 9.17) is 9.47 Å². The SMILES string of the molecule is COc1ccc(-c2ccc(OC)cc2C)nc1. The van der Waals surface area contributed by atoms with E-state index in [2.05, 4.69) is 4.98 Å². The van der Waals surface area contributed by atoms with Crippen molar-refractivity contribution in [3.05, 3.63) is 42.1 Å². The molecule has 2 rings (SSSR count). The molecule has 0 aliphatic carbocycles. The van der Waals surface area contributed by atoms with Crippen LogP contribution in [0.25, 0.3) is 11.3 Å². The Bertz CT molecular complexity index is 506. The van der Waals surface area contributed by atoms with E-state index in [0.717, 1.165) is 28.3 Å². The molecule has 17 heavy (non-hydrogen) atoms. The maximum Gasteiger partial charge on any atom is 0.137 e. The summed E-state index contributed by atoms with van der Waals surface area (Å²) in [5, 5.41) is 0. The largest absolute Gasteiger partial charge is 0.497 e. The predicted molar refractivity (Wildman–Crippen MR) is 67.5 cm³/mol. The molecule has 0 saturated heterocycles. The highest BCUT2D eigenvalue weighted by Crippen LogP contribution is 2.26. The minimum atomic E-state index is 0.764. The fraction of sp³-hybridized carbons (Fsp3) is 0.214. The van der Waals surface area contributed by atoms with Gasteiger partial charge in [-0.05, 0) is 42.8 Å². The Balaban J connectivity index is 2.38. The molecule has 0 amide bonds. The summed E-state index contributed by atoms with van der Waals surface area (Å²) in [6, 6.07) is 9.82. The van der Waals surface area contributed by atoms with Gasteiger partial charge in [-0.2, -0.15) is 0 Å². The highest BCUT2D eigenvalue weighted by Gasteiger charge is 2.04. The Morgan fingerprint density at radius 3 is 2.18 bits per heavy atom. The van der Waals surface area contributed by atoms with E-state index < -0.39 is 0 Å². The summed E-state index contributed by atoms with van der Waals surface area (Å²) >= 11 is 0. The molecule has 0 atom stereocenters. The molecule has 1 aromatic heterocycles. The second-order valence-electron chi connectivity index (χ2n) is 3.76. The van der Waals surface area contributed by atoms with Crippen LogP contribution >= 0.6 is 0 Å². The zero-order chi connectivity index (χ0) is 12.3. The molecule has 0 aliphatic rings. The second kappa shape index (κ2) is 4.87. The average molecular weight is 229 g/mol. The lowest BCUT2D eigenvalue weighted by atomic mass is 10.0. The van der Waals surface area contributed by atoms with Gasteiger partial charge in [0.1, 0.15) is 11.5 Å². The Morgan fingerprint density at radius 2 is 1.65 bits per heavy atom. The van der Waals surface area contributed by atoms with Gasteiger partial charge in [0.05, 0.1) is 26.1 Å². The van der Waals surface area contributed by atoms with Gasteiger partial charge in [0, 0.05) is 5.56 Å². The van der Waals surface area contributed by atoms with Gasteiger partial charge < -0.3 is 9.47 Å². The van der Waals surface area contributed by atoms with Crippen molar-refractivity contribution in [2.45, 2.75) is 6.92 Å². The second-order valence-corrected chi connectivity index (χ2v) is 3.76. The normalized spacial score (nSPS) is 10.1. The van der Waals surface area contributed by atoms with Crippen molar-refractivity contribution in [3.63, 3.8) is 0 Å². The number of nitrogens with zero attached hydrogens (tertiary/aromatic N) is 1. The quantitative estimate of drug-likeness (QED) is 0.810. The number of aryl methyl sites for hydroxylation is 1. The van der Waals surface area contributed by atoms with E-state index in [9.17, 15) is 0 Å². The van der Waals surface area contributed by atoms with Crippen molar-refractivity contribution in [2.75, 3.05) is 14.2 Å². The first-order chi connectivity index (χ1) is 8.24. The third-order valence-electron chi connectivity index (χ3n) is 2.68. The first-order valence-electron chi connectivity index (χ1n) is 5.39. The fourth-order valence-corrected chi connectivity index (χ4v) is 1.71. The number of hydrogen-bond donors (Lipinski definition) is 0. The van der Waals surface area contributed by atoms with E-state index in [1.807, 2.05) is 37.3 Å². The highest BCUT2D eigenvalue weighted by molar-refractivity contribution is 5.64. The van der Waals surface area contributed by atoms with Crippen LogP contribution in [0.15, 0.2) is 36.5 Å². The lowest BCUT2D eigenvalue weighted by molar-refractivity contribution is 0.413. The lowest BCUT2D eigenvalue weighted by Gasteiger charge is -2.08. The van der Waals surface area contributed by atoms with Crippen LogP contribution in [0, 0.1) is 6.92 Å². The van der Waals surface area contributed by atoms with Crippen molar-refractivity contribution in [3.8, 4) is 22.8 Å². The number of pyridine rings is 1. The van der Waals surface area contributed by atoms with Crippen LogP contribution in [-0.4, -0.2) is 19.2 Å². The van der Waals surface area contributed by atoms with Crippen LogP contribution in [0.3, 0.4) is 0 Å². The number of rotatable bonds is 3. The van der Waals surface area contributed by atoms with Crippen molar-refractivity contribution < 1.29 is 9.47 Å². The van der Waals surface area contributed by atoms with Gasteiger partial charge >= 0.3 is 0 Å². The molecule has 2 aromatic rings. The summed E-state index contributed by atoms with van der Waals surface area (Å²) < 4.78 is 10.3. The molecule has 88 valence electrons. The van der Waals surface area contributed by atoms with Crippen LogP contribution in [0.5, 0.6) is 11.5 Å². The Morgan fingerprint density at radius 1 is 0.941 bits per heavy atom. The molecule has 0 spiro atoms. The minimum absolute atomic E-state index is 0.764. The van der Waals surface area contributed by atoms with Crippen LogP contribution in [0.4, 0.5) is 0 Å². The summed E-state index contributed by atoms with van der Waals surface area (Å²) in [6.07, 6.45) is 1.72. The smallest absolute Gasteiger partial charge is 0.137 e. The molecule has 0 N–H and O–H groups in total. The van der Waals surface area contributed by atoms with E-state index in [-0.39, 0.29) is 0 Å². The summed E-state index contributed by atoms with van der Waals surface area (Å²) in [7, 11) is 3.30. The zero-order valence-corrected chi connectivity index (χ0v) is 10.2. The van der Waals surface area contributed by atoms with E-state index in [1.54, 1.807) is 20.4 Å². The van der Waals surface area contributed by atoms with Gasteiger partial charge in [-0.25, -0.2) is 0 Å². The highest BCUT2D eigenvalue weighted by atomic mass is 16.5. The van der Waals surface area contributed by atoms with Gasteiger partial charge in [0.25, 0.3) is 0 Å². The standard InChI is InChI=1S/C14H15NO2/c1-10-8-11(16-2)4-6-13(10)14-7-5-12(17-3)9-15-14/h4-9H,1-3H3. The van der Waals surface area contributed by atoms with E-state index >= 15 is 0 Å². The van der Waals surface area contributed by atoms with Gasteiger partial charge in [0.2, 0.25) is 0 Å². The topological polar surface area (TPSA) is 31.4 Å². The Hall–Kier alpha value is -2.03. The monoisotopic (exact) mass is 229 g/mol. The van der Waals surface area contributed by atoms with E-state index in [0.29, 0.717) is 0 Å². The predicted octanol–water partition coefficient (Wildman–Crippen LogP) is 3.07. The molecule has 3 nitrogen and oxygen atoms in total. The molecule has 1 aromatic carbocycles. The van der Waals surface area contributed by atoms with Crippen molar-refractivity contribution in [2.24, 2.45) is 0 Å². The average Bonchev–Trinajstić information content (AvgIpc) is 2.39. The van der Waals surface area contributed by atoms with Crippen molar-refractivity contribution >= 4 is 0 Å². The number of benzene rings is 1. The van der Waals surface area contributed by atoms with Crippen molar-refractivity contribution in [1.29, 1.82) is 0 Å². The molecular weight excluding hydrogens is 214 g/mol. The van der Waals surface area contributed by atoms with Crippen LogP contribution in [0.1, 0.15) is 5.56 Å². The molecule has 0 unspecified atom stereocenters. The van der Waals surface area contributed by atoms with Crippen LogP contribution < -0.4 is 9.47 Å². The third kappa shape index (κ3) is 2.38. The van der Waals surface area contributed by atoms with Crippen molar-refractivity contribution in [1.82, 2.24) is 4.98 Å². The Kier molecular flexibility index (Phi) is 3.28. The number of aromatic nitrogens is 1. The van der Waals surface area contributed by atoms with Gasteiger partial charge in [-0.15, -0.1) is 0 Å². The maximum absolute atomic E-state index is 5.18. The van der Waals surface area contributed by atoms with E-state index in [1.165, 1.54) is 0 Å². The lowest BCUT2D eigenvalue weighted by Crippen LogP contribution is -1.90. The summed E-state index contributed by atoms with van der Waals surface area (Å²) in [5.41, 5.74) is 3.18. The first kappa shape index (κ1) is 11.5. The molecule has 0 saturated carbocycles. The summed E-state index contributed by atoms with van der Waals surface area (Å²) in [6.45, 7) is 2.05. The minimum Gasteiger partial charge on any atom is -0.497 e. The Labute approximate surface area is 101 Å².